The van der Waals surface area contributed by atoms with E-state index in [1.165, 1.54) is 0 Å². The number of rotatable bonds is 6. The third-order valence-corrected chi connectivity index (χ3v) is 2.93. The van der Waals surface area contributed by atoms with E-state index in [1.807, 2.05) is 30.0 Å². The summed E-state index contributed by atoms with van der Waals surface area (Å²) in [6.07, 6.45) is 1.85. The largest absolute Gasteiger partial charge is 0.481 e. The summed E-state index contributed by atoms with van der Waals surface area (Å²) in [6, 6.07) is 5.62. The monoisotopic (exact) mass is 253 g/mol. The number of hydrogen-bond acceptors (Lipinski definition) is 2. The summed E-state index contributed by atoms with van der Waals surface area (Å²) in [5, 5.41) is 9.41. The molecule has 1 aromatic rings. The van der Waals surface area contributed by atoms with Gasteiger partial charge in [0.15, 0.2) is 0 Å². The Labute approximate surface area is 106 Å². The van der Waals surface area contributed by atoms with E-state index >= 15 is 0 Å². The molecule has 0 atom stereocenters. The molecule has 0 aliphatic rings. The molecule has 1 rings (SSSR count). The lowest BCUT2D eigenvalue weighted by atomic mass is 10.1. The first kappa shape index (κ1) is 13.6. The molecule has 92 valence electrons. The molecule has 0 bridgehead atoms. The van der Waals surface area contributed by atoms with Crippen LogP contribution in [0.5, 0.6) is 0 Å². The molecular weight excluding hydrogens is 238 g/mol. The third kappa shape index (κ3) is 3.79. The lowest BCUT2D eigenvalue weighted by Crippen LogP contribution is -2.26. The number of carboxylic acid groups (broad SMARTS) is 1. The summed E-state index contributed by atoms with van der Waals surface area (Å²) < 4.78 is 0. The molecule has 0 fully saturated rings. The highest BCUT2D eigenvalue weighted by molar-refractivity contribution is 6.31. The number of anilines is 1. The van der Waals surface area contributed by atoms with Gasteiger partial charge < -0.3 is 10.0 Å². The minimum absolute atomic E-state index is 0.0970. The number of aliphatic carboxylic acids is 1. The quantitative estimate of drug-likeness (QED) is 0.792. The van der Waals surface area contributed by atoms with Crippen LogP contribution in [0.3, 0.4) is 0 Å². The maximum atomic E-state index is 10.6. The number of hydrogen-bond donors (Lipinski definition) is 1. The zero-order valence-electron chi connectivity index (χ0n) is 9.82. The van der Waals surface area contributed by atoms with Crippen molar-refractivity contribution >= 4 is 23.3 Å². The second-order valence-electron chi connectivity index (χ2n) is 3.76. The summed E-state index contributed by atoms with van der Waals surface area (Å²) in [5.41, 5.74) is 1.92. The first-order chi connectivity index (χ1) is 8.06. The summed E-state index contributed by atoms with van der Waals surface area (Å²) in [6.45, 7) is 6.66. The van der Waals surface area contributed by atoms with Crippen LogP contribution >= 0.6 is 11.6 Å². The van der Waals surface area contributed by atoms with E-state index in [-0.39, 0.29) is 6.42 Å². The fraction of sp³-hybridized carbons (Fsp3) is 0.308. The fourth-order valence-corrected chi connectivity index (χ4v) is 1.80. The first-order valence-corrected chi connectivity index (χ1v) is 5.76. The Kier molecular flexibility index (Phi) is 5.04. The average molecular weight is 254 g/mol. The summed E-state index contributed by atoms with van der Waals surface area (Å²) in [7, 11) is 0. The predicted octanol–water partition coefficient (Wildman–Crippen LogP) is 3.12. The van der Waals surface area contributed by atoms with Crippen LogP contribution in [0.1, 0.15) is 12.0 Å². The van der Waals surface area contributed by atoms with Crippen molar-refractivity contribution in [3.05, 3.63) is 41.4 Å². The van der Waals surface area contributed by atoms with Crippen LogP contribution in [0.15, 0.2) is 30.9 Å². The van der Waals surface area contributed by atoms with Crippen LogP contribution in [0, 0.1) is 6.92 Å². The van der Waals surface area contributed by atoms with E-state index in [2.05, 4.69) is 6.58 Å². The zero-order chi connectivity index (χ0) is 12.8. The van der Waals surface area contributed by atoms with Crippen molar-refractivity contribution in [2.45, 2.75) is 13.3 Å². The molecule has 0 unspecified atom stereocenters. The molecule has 4 heteroatoms. The number of carbonyl (C=O) groups is 1. The summed E-state index contributed by atoms with van der Waals surface area (Å²) in [5.74, 6) is -0.807. The van der Waals surface area contributed by atoms with Crippen LogP contribution in [0.25, 0.3) is 0 Å². The van der Waals surface area contributed by atoms with Crippen molar-refractivity contribution in [2.24, 2.45) is 0 Å². The molecule has 0 heterocycles. The first-order valence-electron chi connectivity index (χ1n) is 5.39. The van der Waals surface area contributed by atoms with Crippen LogP contribution in [0.4, 0.5) is 5.69 Å². The molecule has 0 aromatic heterocycles. The summed E-state index contributed by atoms with van der Waals surface area (Å²) >= 11 is 6.05. The fourth-order valence-electron chi connectivity index (χ4n) is 1.64. The van der Waals surface area contributed by atoms with Gasteiger partial charge in [-0.05, 0) is 24.6 Å². The SMILES string of the molecule is C=CCN(CCC(=O)O)c1cccc(Cl)c1C. The van der Waals surface area contributed by atoms with Gasteiger partial charge in [-0.25, -0.2) is 0 Å². The van der Waals surface area contributed by atoms with E-state index in [0.29, 0.717) is 18.1 Å². The molecule has 0 aliphatic carbocycles. The predicted molar refractivity (Wildman–Crippen MR) is 70.9 cm³/mol. The molecule has 0 amide bonds. The van der Waals surface area contributed by atoms with Gasteiger partial charge in [0, 0.05) is 23.8 Å². The van der Waals surface area contributed by atoms with Gasteiger partial charge in [-0.15, -0.1) is 6.58 Å². The van der Waals surface area contributed by atoms with Gasteiger partial charge in [-0.3, -0.25) is 4.79 Å². The molecule has 0 saturated carbocycles. The Balaban J connectivity index is 2.92. The van der Waals surface area contributed by atoms with Crippen molar-refractivity contribution in [3.8, 4) is 0 Å². The molecule has 0 radical (unpaired) electrons. The smallest absolute Gasteiger partial charge is 0.305 e. The molecule has 3 nitrogen and oxygen atoms in total. The van der Waals surface area contributed by atoms with Gasteiger partial charge in [0.1, 0.15) is 0 Å². The minimum Gasteiger partial charge on any atom is -0.481 e. The number of nitrogens with zero attached hydrogens (tertiary/aromatic N) is 1. The molecular formula is C13H16ClNO2. The van der Waals surface area contributed by atoms with E-state index in [1.54, 1.807) is 6.08 Å². The Hall–Kier alpha value is -1.48. The van der Waals surface area contributed by atoms with Crippen molar-refractivity contribution in [1.82, 2.24) is 0 Å². The standard InChI is InChI=1S/C13H16ClNO2/c1-3-8-15(9-7-13(16)17)12-6-4-5-11(14)10(12)2/h3-6H,1,7-9H2,2H3,(H,16,17). The normalized spacial score (nSPS) is 10.0. The lowest BCUT2D eigenvalue weighted by Gasteiger charge is -2.24. The molecule has 17 heavy (non-hydrogen) atoms. The maximum absolute atomic E-state index is 10.6. The van der Waals surface area contributed by atoms with Crippen LogP contribution in [0.2, 0.25) is 5.02 Å². The van der Waals surface area contributed by atoms with E-state index in [9.17, 15) is 4.79 Å². The van der Waals surface area contributed by atoms with Crippen LogP contribution in [-0.4, -0.2) is 24.2 Å². The Morgan fingerprint density at radius 2 is 2.29 bits per heavy atom. The molecule has 0 saturated heterocycles. The number of halogens is 1. The van der Waals surface area contributed by atoms with Gasteiger partial charge in [0.25, 0.3) is 0 Å². The van der Waals surface area contributed by atoms with Gasteiger partial charge >= 0.3 is 5.97 Å². The Bertz CT molecular complexity index is 418. The number of benzene rings is 1. The van der Waals surface area contributed by atoms with Gasteiger partial charge in [-0.1, -0.05) is 23.7 Å². The van der Waals surface area contributed by atoms with Crippen LogP contribution < -0.4 is 4.90 Å². The van der Waals surface area contributed by atoms with E-state index < -0.39 is 5.97 Å². The molecule has 1 aromatic carbocycles. The highest BCUT2D eigenvalue weighted by Crippen LogP contribution is 2.26. The molecule has 0 aliphatic heterocycles. The molecule has 1 N–H and O–H groups in total. The topological polar surface area (TPSA) is 40.5 Å². The van der Waals surface area contributed by atoms with Crippen LogP contribution in [-0.2, 0) is 4.79 Å². The van der Waals surface area contributed by atoms with Crippen molar-refractivity contribution in [3.63, 3.8) is 0 Å². The van der Waals surface area contributed by atoms with Crippen molar-refractivity contribution in [1.29, 1.82) is 0 Å². The van der Waals surface area contributed by atoms with E-state index in [4.69, 9.17) is 16.7 Å². The summed E-state index contributed by atoms with van der Waals surface area (Å²) in [4.78, 5) is 12.6. The molecule has 0 spiro atoms. The lowest BCUT2D eigenvalue weighted by molar-refractivity contribution is -0.136. The highest BCUT2D eigenvalue weighted by atomic mass is 35.5. The maximum Gasteiger partial charge on any atom is 0.305 e. The Morgan fingerprint density at radius 3 is 2.88 bits per heavy atom. The second-order valence-corrected chi connectivity index (χ2v) is 4.17. The minimum atomic E-state index is -0.807. The van der Waals surface area contributed by atoms with E-state index in [0.717, 1.165) is 11.3 Å². The zero-order valence-corrected chi connectivity index (χ0v) is 10.6. The van der Waals surface area contributed by atoms with Crippen molar-refractivity contribution < 1.29 is 9.90 Å². The van der Waals surface area contributed by atoms with Gasteiger partial charge in [0.05, 0.1) is 6.42 Å². The van der Waals surface area contributed by atoms with Gasteiger partial charge in [0.2, 0.25) is 0 Å². The third-order valence-electron chi connectivity index (χ3n) is 2.52. The van der Waals surface area contributed by atoms with Crippen molar-refractivity contribution in [2.75, 3.05) is 18.0 Å². The average Bonchev–Trinajstić information content (AvgIpc) is 2.28. The highest BCUT2D eigenvalue weighted by Gasteiger charge is 2.11. The van der Waals surface area contributed by atoms with Gasteiger partial charge in [-0.2, -0.15) is 0 Å². The number of carboxylic acids is 1. The second kappa shape index (κ2) is 6.30. The Morgan fingerprint density at radius 1 is 1.59 bits per heavy atom.